The Hall–Kier alpha value is -8.61. The molecule has 0 fully saturated rings. The molecule has 0 spiro atoms. The van der Waals surface area contributed by atoms with E-state index < -0.39 is 0 Å². The van der Waals surface area contributed by atoms with Crippen LogP contribution in [-0.2, 0) is 0 Å². The van der Waals surface area contributed by atoms with Crippen molar-refractivity contribution in [1.82, 2.24) is 24.1 Å². The van der Waals surface area contributed by atoms with Crippen molar-refractivity contribution in [2.45, 2.75) is 0 Å². The zero-order chi connectivity index (χ0) is 41.4. The lowest BCUT2D eigenvalue weighted by molar-refractivity contribution is 0.670. The minimum Gasteiger partial charge on any atom is -0.455 e. The van der Waals surface area contributed by atoms with Gasteiger partial charge in [0.1, 0.15) is 11.2 Å². The number of hydrogen-bond acceptors (Lipinski definition) is 4. The zero-order valence-corrected chi connectivity index (χ0v) is 33.9. The molecule has 0 atom stereocenters. The van der Waals surface area contributed by atoms with Crippen molar-refractivity contribution in [2.75, 3.05) is 0 Å². The van der Waals surface area contributed by atoms with Gasteiger partial charge in [0, 0.05) is 54.7 Å². The molecule has 0 N–H and O–H groups in total. The Kier molecular flexibility index (Phi) is 7.80. The van der Waals surface area contributed by atoms with Crippen LogP contribution in [-0.4, -0.2) is 24.1 Å². The molecule has 0 saturated heterocycles. The molecule has 13 aromatic rings. The van der Waals surface area contributed by atoms with Crippen molar-refractivity contribution in [3.63, 3.8) is 0 Å². The molecule has 0 radical (unpaired) electrons. The molecular weight excluding hydrogens is 771 g/mol. The quantitative estimate of drug-likeness (QED) is 0.168. The highest BCUT2D eigenvalue weighted by molar-refractivity contribution is 6.13. The molecule has 0 bridgehead atoms. The van der Waals surface area contributed by atoms with Crippen LogP contribution in [0.1, 0.15) is 0 Å². The molecule has 6 heteroatoms. The van der Waals surface area contributed by atoms with Crippen molar-refractivity contribution in [3.05, 3.63) is 212 Å². The number of nitrogens with zero attached hydrogens (tertiary/aromatic N) is 5. The lowest BCUT2D eigenvalue weighted by Crippen LogP contribution is -2.06. The lowest BCUT2D eigenvalue weighted by atomic mass is 10.0. The van der Waals surface area contributed by atoms with Crippen molar-refractivity contribution in [1.29, 1.82) is 0 Å². The van der Waals surface area contributed by atoms with E-state index >= 15 is 0 Å². The van der Waals surface area contributed by atoms with Gasteiger partial charge in [-0.3, -0.25) is 4.57 Å². The van der Waals surface area contributed by atoms with Gasteiger partial charge in [0.25, 0.3) is 0 Å². The summed E-state index contributed by atoms with van der Waals surface area (Å²) in [5.41, 5.74) is 13.4. The average molecular weight is 806 g/mol. The Bertz CT molecular complexity index is 3920. The van der Waals surface area contributed by atoms with Gasteiger partial charge in [-0.15, -0.1) is 0 Å². The van der Waals surface area contributed by atoms with Gasteiger partial charge in [-0.25, -0.2) is 4.98 Å². The first-order valence-electron chi connectivity index (χ1n) is 21.2. The number of para-hydroxylation sites is 5. The first kappa shape index (κ1) is 35.2. The fraction of sp³-hybridized carbons (Fsp3) is 0. The number of furan rings is 1. The minimum atomic E-state index is 0.553. The van der Waals surface area contributed by atoms with Crippen LogP contribution in [0.5, 0.6) is 0 Å². The standard InChI is InChI=1S/C57H35N5O/c1-3-15-36(16-4-1)55-58-56(40-18-13-17-39(33-40)42-24-14-25-46-45-23-9-12-28-53(45)63-54(42)46)60-57(59-55)62-50-27-11-8-22-44(50)48-35-38(30-32-52(48)62)37-29-31-51-47(34-37)43-21-7-10-26-49(43)61(51)41-19-5-2-6-20-41/h1-35H. The van der Waals surface area contributed by atoms with E-state index in [-0.39, 0.29) is 0 Å². The molecule has 6 nitrogen and oxygen atoms in total. The maximum Gasteiger partial charge on any atom is 0.238 e. The van der Waals surface area contributed by atoms with Gasteiger partial charge in [-0.2, -0.15) is 9.97 Å². The molecule has 13 rings (SSSR count). The molecule has 4 aromatic heterocycles. The van der Waals surface area contributed by atoms with Crippen LogP contribution in [0.3, 0.4) is 0 Å². The highest BCUT2D eigenvalue weighted by Gasteiger charge is 2.20. The Morgan fingerprint density at radius 3 is 1.57 bits per heavy atom. The van der Waals surface area contributed by atoms with E-state index in [1.807, 2.05) is 42.5 Å². The van der Waals surface area contributed by atoms with E-state index in [9.17, 15) is 0 Å². The predicted octanol–water partition coefficient (Wildman–Crippen LogP) is 14.6. The summed E-state index contributed by atoms with van der Waals surface area (Å²) < 4.78 is 11.0. The smallest absolute Gasteiger partial charge is 0.238 e. The van der Waals surface area contributed by atoms with Crippen molar-refractivity contribution in [2.24, 2.45) is 0 Å². The number of hydrogen-bond donors (Lipinski definition) is 0. The monoisotopic (exact) mass is 805 g/mol. The topological polar surface area (TPSA) is 61.7 Å². The van der Waals surface area contributed by atoms with Gasteiger partial charge in [-0.05, 0) is 77.4 Å². The van der Waals surface area contributed by atoms with Crippen molar-refractivity contribution >= 4 is 65.6 Å². The third-order valence-electron chi connectivity index (χ3n) is 12.4. The molecule has 0 saturated carbocycles. The molecule has 0 aliphatic rings. The number of rotatable bonds is 6. The number of aromatic nitrogens is 5. The second kappa shape index (κ2) is 14.0. The van der Waals surface area contributed by atoms with Gasteiger partial charge in [-0.1, -0.05) is 152 Å². The SMILES string of the molecule is c1ccc(-c2nc(-c3cccc(-c4cccc5c4oc4ccccc45)c3)nc(-n3c4ccccc4c4cc(-c5ccc6c(c5)c5ccccc5n6-c5ccccc5)ccc43)n2)cc1. The number of fused-ring (bicyclic) bond motifs is 9. The maximum absolute atomic E-state index is 6.45. The molecule has 0 amide bonds. The zero-order valence-electron chi connectivity index (χ0n) is 33.9. The second-order valence-electron chi connectivity index (χ2n) is 16.0. The molecule has 9 aromatic carbocycles. The summed E-state index contributed by atoms with van der Waals surface area (Å²) in [5.74, 6) is 1.74. The van der Waals surface area contributed by atoms with Crippen LogP contribution in [0.4, 0.5) is 0 Å². The summed E-state index contributed by atoms with van der Waals surface area (Å²) >= 11 is 0. The molecule has 0 aliphatic carbocycles. The largest absolute Gasteiger partial charge is 0.455 e. The Morgan fingerprint density at radius 1 is 0.317 bits per heavy atom. The van der Waals surface area contributed by atoms with Crippen molar-refractivity contribution < 1.29 is 4.42 Å². The highest BCUT2D eigenvalue weighted by atomic mass is 16.3. The summed E-state index contributed by atoms with van der Waals surface area (Å²) in [6.07, 6.45) is 0. The molecule has 0 aliphatic heterocycles. The highest BCUT2D eigenvalue weighted by Crippen LogP contribution is 2.40. The maximum atomic E-state index is 6.45. The van der Waals surface area contributed by atoms with Gasteiger partial charge in [0.15, 0.2) is 11.6 Å². The minimum absolute atomic E-state index is 0.553. The normalized spacial score (nSPS) is 11.8. The Balaban J connectivity index is 0.973. The van der Waals surface area contributed by atoms with Crippen LogP contribution in [0.25, 0.3) is 122 Å². The molecule has 0 unspecified atom stereocenters. The average Bonchev–Trinajstić information content (AvgIpc) is 4.02. The third-order valence-corrected chi connectivity index (χ3v) is 12.4. The summed E-state index contributed by atoms with van der Waals surface area (Å²) in [4.78, 5) is 15.6. The van der Waals surface area contributed by atoms with Crippen LogP contribution in [0, 0.1) is 0 Å². The molecule has 294 valence electrons. The van der Waals surface area contributed by atoms with E-state index in [2.05, 4.69) is 179 Å². The van der Waals surface area contributed by atoms with Crippen LogP contribution < -0.4 is 0 Å². The first-order chi connectivity index (χ1) is 31.2. The fourth-order valence-corrected chi connectivity index (χ4v) is 9.49. The van der Waals surface area contributed by atoms with E-state index in [0.29, 0.717) is 17.6 Å². The lowest BCUT2D eigenvalue weighted by Gasteiger charge is -2.12. The van der Waals surface area contributed by atoms with Gasteiger partial charge < -0.3 is 8.98 Å². The van der Waals surface area contributed by atoms with Gasteiger partial charge >= 0.3 is 0 Å². The summed E-state index contributed by atoms with van der Waals surface area (Å²) in [7, 11) is 0. The van der Waals surface area contributed by atoms with E-state index in [1.165, 1.54) is 21.8 Å². The van der Waals surface area contributed by atoms with Gasteiger partial charge in [0.05, 0.1) is 22.1 Å². The fourth-order valence-electron chi connectivity index (χ4n) is 9.49. The molecule has 63 heavy (non-hydrogen) atoms. The Morgan fingerprint density at radius 2 is 0.841 bits per heavy atom. The van der Waals surface area contributed by atoms with Crippen LogP contribution in [0.2, 0.25) is 0 Å². The molecule has 4 heterocycles. The van der Waals surface area contributed by atoms with Crippen LogP contribution >= 0.6 is 0 Å². The van der Waals surface area contributed by atoms with Gasteiger partial charge in [0.2, 0.25) is 5.95 Å². The van der Waals surface area contributed by atoms with E-state index in [4.69, 9.17) is 19.4 Å². The third kappa shape index (κ3) is 5.62. The van der Waals surface area contributed by atoms with Crippen LogP contribution in [0.15, 0.2) is 217 Å². The first-order valence-corrected chi connectivity index (χ1v) is 21.2. The predicted molar refractivity (Wildman–Crippen MR) is 258 cm³/mol. The summed E-state index contributed by atoms with van der Waals surface area (Å²) in [6.45, 7) is 0. The summed E-state index contributed by atoms with van der Waals surface area (Å²) in [6, 6.07) is 74.5. The van der Waals surface area contributed by atoms with E-state index in [0.717, 1.165) is 82.8 Å². The Labute approximate surface area is 361 Å². The second-order valence-corrected chi connectivity index (χ2v) is 16.0. The van der Waals surface area contributed by atoms with Crippen molar-refractivity contribution in [3.8, 4) is 56.7 Å². The number of benzene rings is 9. The van der Waals surface area contributed by atoms with E-state index in [1.54, 1.807) is 0 Å². The molecular formula is C57H35N5O. The summed E-state index contributed by atoms with van der Waals surface area (Å²) in [5, 5.41) is 6.89.